The Morgan fingerprint density at radius 1 is 1.04 bits per heavy atom. The van der Waals surface area contributed by atoms with Crippen molar-refractivity contribution in [2.75, 3.05) is 24.7 Å². The third-order valence-electron chi connectivity index (χ3n) is 4.05. The maximum atomic E-state index is 12.6. The molecule has 2 aromatic rings. The van der Waals surface area contributed by atoms with E-state index < -0.39 is 10.0 Å². The van der Waals surface area contributed by atoms with Crippen LogP contribution in [0.25, 0.3) is 0 Å². The minimum Gasteiger partial charge on any atom is -0.493 e. The van der Waals surface area contributed by atoms with Gasteiger partial charge in [-0.1, -0.05) is 23.9 Å². The smallest absolute Gasteiger partial charge is 0.289 e. The first kappa shape index (κ1) is 20.0. The molecule has 1 heterocycles. The maximum absolute atomic E-state index is 12.6. The fraction of sp³-hybridized carbons (Fsp3) is 0.222. The molecule has 0 saturated carbocycles. The Morgan fingerprint density at radius 2 is 1.71 bits per heavy atom. The molecule has 8 nitrogen and oxygen atoms in total. The number of hydrogen-bond acceptors (Lipinski definition) is 7. The summed E-state index contributed by atoms with van der Waals surface area (Å²) >= 11 is 0.974. The predicted molar refractivity (Wildman–Crippen MR) is 105 cm³/mol. The molecule has 2 amide bonds. The van der Waals surface area contributed by atoms with E-state index in [4.69, 9.17) is 9.47 Å². The molecule has 1 fully saturated rings. The lowest BCUT2D eigenvalue weighted by atomic mass is 10.2. The average Bonchev–Trinajstić information content (AvgIpc) is 3.00. The van der Waals surface area contributed by atoms with E-state index in [0.717, 1.165) is 17.3 Å². The third kappa shape index (κ3) is 4.23. The summed E-state index contributed by atoms with van der Waals surface area (Å²) in [6.45, 7) is 0.160. The van der Waals surface area contributed by atoms with Gasteiger partial charge in [-0.25, -0.2) is 8.42 Å². The molecule has 0 atom stereocenters. The summed E-state index contributed by atoms with van der Waals surface area (Å²) in [7, 11) is -0.940. The Balaban J connectivity index is 1.74. The Bertz CT molecular complexity index is 989. The molecule has 1 aliphatic rings. The summed E-state index contributed by atoms with van der Waals surface area (Å²) in [5.41, 5.74) is 1.07. The number of sulfonamides is 1. The van der Waals surface area contributed by atoms with Gasteiger partial charge in [0.1, 0.15) is 0 Å². The Hall–Kier alpha value is -2.72. The molecule has 0 spiro atoms. The number of rotatable bonds is 7. The Kier molecular flexibility index (Phi) is 5.80. The van der Waals surface area contributed by atoms with E-state index in [1.165, 1.54) is 37.3 Å². The zero-order chi connectivity index (χ0) is 20.3. The zero-order valence-electron chi connectivity index (χ0n) is 15.2. The second kappa shape index (κ2) is 8.11. The van der Waals surface area contributed by atoms with Crippen LogP contribution in [0.2, 0.25) is 0 Å². The van der Waals surface area contributed by atoms with Crippen molar-refractivity contribution in [1.82, 2.24) is 4.90 Å². The highest BCUT2D eigenvalue weighted by atomic mass is 32.2. The monoisotopic (exact) mass is 422 g/mol. The van der Waals surface area contributed by atoms with Crippen LogP contribution in [0.4, 0.5) is 10.5 Å². The number of methoxy groups -OCH3 is 2. The van der Waals surface area contributed by atoms with Crippen LogP contribution in [0, 0.1) is 0 Å². The summed E-state index contributed by atoms with van der Waals surface area (Å²) in [5, 5.41) is -0.275. The van der Waals surface area contributed by atoms with Crippen molar-refractivity contribution < 1.29 is 27.5 Å². The summed E-state index contributed by atoms with van der Waals surface area (Å²) in [4.78, 5) is 24.5. The Labute approximate surface area is 166 Å². The molecule has 0 bridgehead atoms. The lowest BCUT2D eigenvalue weighted by Gasteiger charge is -2.14. The van der Waals surface area contributed by atoms with E-state index in [1.54, 1.807) is 24.3 Å². The average molecular weight is 422 g/mol. The van der Waals surface area contributed by atoms with E-state index in [9.17, 15) is 18.0 Å². The fourth-order valence-corrected chi connectivity index (χ4v) is 4.39. The minimum atomic E-state index is -3.83. The number of imide groups is 1. The quantitative estimate of drug-likeness (QED) is 0.732. The summed E-state index contributed by atoms with van der Waals surface area (Å²) in [6.07, 6.45) is 0. The topological polar surface area (TPSA) is 102 Å². The molecule has 0 aliphatic carbocycles. The molecule has 1 saturated heterocycles. The van der Waals surface area contributed by atoms with Crippen LogP contribution in [-0.2, 0) is 21.4 Å². The van der Waals surface area contributed by atoms with E-state index in [-0.39, 0.29) is 28.3 Å². The highest BCUT2D eigenvalue weighted by Crippen LogP contribution is 2.30. The van der Waals surface area contributed by atoms with Gasteiger partial charge in [0.05, 0.1) is 31.4 Å². The number of amides is 2. The van der Waals surface area contributed by atoms with Gasteiger partial charge >= 0.3 is 0 Å². The number of nitrogens with zero attached hydrogens (tertiary/aromatic N) is 1. The van der Waals surface area contributed by atoms with Crippen LogP contribution in [-0.4, -0.2) is 44.4 Å². The highest BCUT2D eigenvalue weighted by molar-refractivity contribution is 8.14. The number of ether oxygens (including phenoxy) is 2. The fourth-order valence-electron chi connectivity index (χ4n) is 2.59. The van der Waals surface area contributed by atoms with Gasteiger partial charge in [-0.05, 0) is 29.8 Å². The number of benzene rings is 2. The SMILES string of the molecule is COc1ccc(S(=O)(=O)Nc2ccc(CN3C(=O)CSC3=O)cc2)cc1OC. The molecule has 0 unspecified atom stereocenters. The van der Waals surface area contributed by atoms with E-state index >= 15 is 0 Å². The van der Waals surface area contributed by atoms with Crippen molar-refractivity contribution in [3.05, 3.63) is 48.0 Å². The number of carbonyl (C=O) groups excluding carboxylic acids is 2. The summed E-state index contributed by atoms with van der Waals surface area (Å²) < 4.78 is 38.0. The standard InChI is InChI=1S/C18H18N2O6S2/c1-25-15-8-7-14(9-16(15)26-2)28(23,24)19-13-5-3-12(4-6-13)10-20-17(21)11-27-18(20)22/h3-9,19H,10-11H2,1-2H3. The van der Waals surface area contributed by atoms with Gasteiger partial charge in [-0.2, -0.15) is 0 Å². The number of anilines is 1. The zero-order valence-corrected chi connectivity index (χ0v) is 16.8. The van der Waals surface area contributed by atoms with Crippen LogP contribution >= 0.6 is 11.8 Å². The lowest BCUT2D eigenvalue weighted by molar-refractivity contribution is -0.125. The van der Waals surface area contributed by atoms with Crippen molar-refractivity contribution >= 4 is 38.6 Å². The van der Waals surface area contributed by atoms with Gasteiger partial charge < -0.3 is 9.47 Å². The number of carbonyl (C=O) groups is 2. The number of thioether (sulfide) groups is 1. The summed E-state index contributed by atoms with van der Waals surface area (Å²) in [6, 6.07) is 10.8. The largest absolute Gasteiger partial charge is 0.493 e. The number of hydrogen-bond donors (Lipinski definition) is 1. The second-order valence-electron chi connectivity index (χ2n) is 5.85. The van der Waals surface area contributed by atoms with Crippen LogP contribution in [0.15, 0.2) is 47.4 Å². The molecule has 148 valence electrons. The first-order valence-electron chi connectivity index (χ1n) is 8.15. The van der Waals surface area contributed by atoms with Crippen LogP contribution in [0.3, 0.4) is 0 Å². The molecule has 3 rings (SSSR count). The first-order valence-corrected chi connectivity index (χ1v) is 10.6. The van der Waals surface area contributed by atoms with Gasteiger partial charge in [0, 0.05) is 11.8 Å². The van der Waals surface area contributed by atoms with E-state index in [1.807, 2.05) is 0 Å². The molecule has 1 N–H and O–H groups in total. The lowest BCUT2D eigenvalue weighted by Crippen LogP contribution is -2.27. The highest BCUT2D eigenvalue weighted by Gasteiger charge is 2.29. The van der Waals surface area contributed by atoms with Crippen molar-refractivity contribution in [3.8, 4) is 11.5 Å². The molecule has 10 heteroatoms. The molecule has 0 radical (unpaired) electrons. The maximum Gasteiger partial charge on any atom is 0.289 e. The Morgan fingerprint density at radius 3 is 2.29 bits per heavy atom. The van der Waals surface area contributed by atoms with Crippen LogP contribution in [0.5, 0.6) is 11.5 Å². The van der Waals surface area contributed by atoms with Crippen molar-refractivity contribution in [2.24, 2.45) is 0 Å². The minimum absolute atomic E-state index is 0.0273. The molecular formula is C18H18N2O6S2. The number of nitrogens with one attached hydrogen (secondary N) is 1. The molecule has 28 heavy (non-hydrogen) atoms. The van der Waals surface area contributed by atoms with Crippen molar-refractivity contribution in [2.45, 2.75) is 11.4 Å². The molecule has 2 aromatic carbocycles. The van der Waals surface area contributed by atoms with Gasteiger partial charge in [0.2, 0.25) is 5.91 Å². The third-order valence-corrected chi connectivity index (χ3v) is 6.29. The van der Waals surface area contributed by atoms with Gasteiger partial charge in [0.25, 0.3) is 15.3 Å². The van der Waals surface area contributed by atoms with E-state index in [0.29, 0.717) is 17.2 Å². The van der Waals surface area contributed by atoms with Crippen molar-refractivity contribution in [3.63, 3.8) is 0 Å². The predicted octanol–water partition coefficient (Wildman–Crippen LogP) is 2.70. The normalized spacial score (nSPS) is 14.3. The molecule has 0 aromatic heterocycles. The van der Waals surface area contributed by atoms with Gasteiger partial charge in [-0.3, -0.25) is 19.2 Å². The van der Waals surface area contributed by atoms with Gasteiger partial charge in [0.15, 0.2) is 11.5 Å². The van der Waals surface area contributed by atoms with E-state index in [2.05, 4.69) is 4.72 Å². The van der Waals surface area contributed by atoms with Crippen LogP contribution in [0.1, 0.15) is 5.56 Å². The molecule has 1 aliphatic heterocycles. The van der Waals surface area contributed by atoms with Crippen molar-refractivity contribution in [1.29, 1.82) is 0 Å². The summed E-state index contributed by atoms with van der Waals surface area (Å²) in [5.74, 6) is 0.656. The van der Waals surface area contributed by atoms with Crippen LogP contribution < -0.4 is 14.2 Å². The first-order chi connectivity index (χ1) is 13.3. The van der Waals surface area contributed by atoms with Gasteiger partial charge in [-0.15, -0.1) is 0 Å². The second-order valence-corrected chi connectivity index (χ2v) is 8.46. The molecular weight excluding hydrogens is 404 g/mol.